The van der Waals surface area contributed by atoms with Crippen molar-refractivity contribution in [3.8, 4) is 0 Å². The van der Waals surface area contributed by atoms with Gasteiger partial charge in [0.15, 0.2) is 5.82 Å². The summed E-state index contributed by atoms with van der Waals surface area (Å²) in [7, 11) is 0. The lowest BCUT2D eigenvalue weighted by atomic mass is 10.1. The third-order valence-corrected chi connectivity index (χ3v) is 4.17. The van der Waals surface area contributed by atoms with Crippen molar-refractivity contribution in [2.75, 3.05) is 11.4 Å². The molecule has 1 aliphatic carbocycles. The Labute approximate surface area is 127 Å². The minimum Gasteiger partial charge on any atom is -0.352 e. The average molecular weight is 286 g/mol. The molecule has 0 amide bonds. The number of imidazole rings is 1. The van der Waals surface area contributed by atoms with Crippen molar-refractivity contribution in [2.24, 2.45) is 11.7 Å². The first kappa shape index (κ1) is 14.4. The fourth-order valence-corrected chi connectivity index (χ4v) is 2.88. The summed E-state index contributed by atoms with van der Waals surface area (Å²) in [5, 5.41) is 0. The summed E-state index contributed by atoms with van der Waals surface area (Å²) >= 11 is 0. The Morgan fingerprint density at radius 1 is 1.33 bits per heavy atom. The zero-order valence-electron chi connectivity index (χ0n) is 13.3. The highest BCUT2D eigenvalue weighted by atomic mass is 15.3. The molecule has 2 aromatic rings. The molecule has 1 unspecified atom stereocenters. The first-order chi connectivity index (χ1) is 10.1. The molecular weight excluding hydrogens is 260 g/mol. The van der Waals surface area contributed by atoms with Gasteiger partial charge < -0.3 is 15.0 Å². The molecular formula is C17H26N4. The number of aromatic nitrogens is 2. The van der Waals surface area contributed by atoms with Crippen molar-refractivity contribution in [3.63, 3.8) is 0 Å². The Balaban J connectivity index is 2.05. The molecule has 0 bridgehead atoms. The molecule has 0 aliphatic heterocycles. The summed E-state index contributed by atoms with van der Waals surface area (Å²) in [5.74, 6) is 1.97. The number of nitrogens with zero attached hydrogens (tertiary/aromatic N) is 3. The minimum absolute atomic E-state index is 0.138. The summed E-state index contributed by atoms with van der Waals surface area (Å²) in [6.07, 6.45) is 5.67. The maximum atomic E-state index is 6.07. The molecule has 1 fully saturated rings. The summed E-state index contributed by atoms with van der Waals surface area (Å²) in [4.78, 5) is 7.36. The van der Waals surface area contributed by atoms with E-state index in [0.29, 0.717) is 6.04 Å². The summed E-state index contributed by atoms with van der Waals surface area (Å²) in [5.41, 5.74) is 8.34. The fourth-order valence-electron chi connectivity index (χ4n) is 2.88. The molecule has 1 saturated carbocycles. The van der Waals surface area contributed by atoms with Gasteiger partial charge in [-0.05, 0) is 51.7 Å². The van der Waals surface area contributed by atoms with Crippen LogP contribution in [0.25, 0.3) is 5.65 Å². The highest BCUT2D eigenvalue weighted by molar-refractivity contribution is 5.56. The number of nitrogens with two attached hydrogens (primary N) is 1. The van der Waals surface area contributed by atoms with E-state index < -0.39 is 0 Å². The molecule has 21 heavy (non-hydrogen) atoms. The van der Waals surface area contributed by atoms with Gasteiger partial charge in [0, 0.05) is 31.2 Å². The number of fused-ring (bicyclic) bond motifs is 1. The first-order valence-corrected chi connectivity index (χ1v) is 8.04. The van der Waals surface area contributed by atoms with Crippen LogP contribution in [0.5, 0.6) is 0 Å². The molecule has 114 valence electrons. The zero-order chi connectivity index (χ0) is 15.0. The van der Waals surface area contributed by atoms with Crippen LogP contribution in [0, 0.1) is 5.92 Å². The Kier molecular flexibility index (Phi) is 3.89. The molecule has 0 aromatic carbocycles. The zero-order valence-corrected chi connectivity index (χ0v) is 13.3. The van der Waals surface area contributed by atoms with E-state index in [4.69, 9.17) is 10.7 Å². The molecule has 4 nitrogen and oxygen atoms in total. The predicted molar refractivity (Wildman–Crippen MR) is 87.8 cm³/mol. The largest absolute Gasteiger partial charge is 0.352 e. The van der Waals surface area contributed by atoms with Crippen LogP contribution in [0.15, 0.2) is 24.4 Å². The van der Waals surface area contributed by atoms with Crippen LogP contribution < -0.4 is 10.6 Å². The average Bonchev–Trinajstić information content (AvgIpc) is 3.19. The number of hydrogen-bond donors (Lipinski definition) is 1. The maximum Gasteiger partial charge on any atom is 0.151 e. The van der Waals surface area contributed by atoms with Crippen LogP contribution in [-0.4, -0.2) is 28.0 Å². The minimum atomic E-state index is 0.138. The van der Waals surface area contributed by atoms with E-state index >= 15 is 0 Å². The number of pyridine rings is 1. The Morgan fingerprint density at radius 2 is 2.10 bits per heavy atom. The number of anilines is 1. The standard InChI is InChI=1S/C17H26N4/c1-12(2)21(11-14-7-8-14)17-15(10-13(3)18)20-9-5-4-6-16(20)19-17/h4-6,9,12-14H,7-8,10-11,18H2,1-3H3. The molecule has 3 rings (SSSR count). The quantitative estimate of drug-likeness (QED) is 0.888. The summed E-state index contributed by atoms with van der Waals surface area (Å²) < 4.78 is 2.20. The van der Waals surface area contributed by atoms with Gasteiger partial charge in [-0.1, -0.05) is 6.07 Å². The lowest BCUT2D eigenvalue weighted by Crippen LogP contribution is -2.34. The van der Waals surface area contributed by atoms with Crippen molar-refractivity contribution in [2.45, 2.75) is 52.1 Å². The van der Waals surface area contributed by atoms with Gasteiger partial charge in [-0.3, -0.25) is 0 Å². The van der Waals surface area contributed by atoms with Crippen molar-refractivity contribution >= 4 is 11.5 Å². The topological polar surface area (TPSA) is 46.6 Å². The van der Waals surface area contributed by atoms with Crippen LogP contribution in [0.1, 0.15) is 39.3 Å². The van der Waals surface area contributed by atoms with Crippen LogP contribution in [0.2, 0.25) is 0 Å². The smallest absolute Gasteiger partial charge is 0.151 e. The van der Waals surface area contributed by atoms with Gasteiger partial charge in [-0.15, -0.1) is 0 Å². The second-order valence-electron chi connectivity index (χ2n) is 6.68. The van der Waals surface area contributed by atoms with Gasteiger partial charge in [-0.25, -0.2) is 4.98 Å². The SMILES string of the molecule is CC(N)Cc1c(N(CC2CC2)C(C)C)nc2ccccn12. The van der Waals surface area contributed by atoms with Gasteiger partial charge in [0.25, 0.3) is 0 Å². The van der Waals surface area contributed by atoms with Gasteiger partial charge >= 0.3 is 0 Å². The molecule has 4 heteroatoms. The molecule has 1 atom stereocenters. The molecule has 0 radical (unpaired) electrons. The van der Waals surface area contributed by atoms with Gasteiger partial charge in [-0.2, -0.15) is 0 Å². The molecule has 0 spiro atoms. The first-order valence-electron chi connectivity index (χ1n) is 8.04. The van der Waals surface area contributed by atoms with Crippen molar-refractivity contribution in [1.82, 2.24) is 9.38 Å². The molecule has 2 N–H and O–H groups in total. The molecule has 0 saturated heterocycles. The lowest BCUT2D eigenvalue weighted by Gasteiger charge is -2.28. The Hall–Kier alpha value is -1.55. The van der Waals surface area contributed by atoms with Crippen LogP contribution in [0.3, 0.4) is 0 Å². The molecule has 1 aliphatic rings. The Morgan fingerprint density at radius 3 is 2.71 bits per heavy atom. The van der Waals surface area contributed by atoms with Crippen molar-refractivity contribution in [3.05, 3.63) is 30.1 Å². The lowest BCUT2D eigenvalue weighted by molar-refractivity contribution is 0.629. The Bertz CT molecular complexity index is 610. The van der Waals surface area contributed by atoms with Gasteiger partial charge in [0.05, 0.1) is 5.69 Å². The van der Waals surface area contributed by atoms with E-state index in [-0.39, 0.29) is 6.04 Å². The second kappa shape index (κ2) is 5.68. The maximum absolute atomic E-state index is 6.07. The molecule has 2 aromatic heterocycles. The summed E-state index contributed by atoms with van der Waals surface area (Å²) in [6.45, 7) is 7.68. The normalized spacial score (nSPS) is 16.6. The third kappa shape index (κ3) is 3.05. The van der Waals surface area contributed by atoms with E-state index in [9.17, 15) is 0 Å². The number of rotatable bonds is 6. The van der Waals surface area contributed by atoms with Crippen molar-refractivity contribution in [1.29, 1.82) is 0 Å². The predicted octanol–water partition coefficient (Wildman–Crippen LogP) is 2.85. The van der Waals surface area contributed by atoms with E-state index in [1.807, 2.05) is 6.07 Å². The van der Waals surface area contributed by atoms with Gasteiger partial charge in [0.2, 0.25) is 0 Å². The van der Waals surface area contributed by atoms with Crippen molar-refractivity contribution < 1.29 is 0 Å². The van der Waals surface area contributed by atoms with Gasteiger partial charge in [0.1, 0.15) is 5.65 Å². The highest BCUT2D eigenvalue weighted by Crippen LogP contribution is 2.33. The summed E-state index contributed by atoms with van der Waals surface area (Å²) in [6, 6.07) is 6.77. The third-order valence-electron chi connectivity index (χ3n) is 4.17. The fraction of sp³-hybridized carbons (Fsp3) is 0.588. The van der Waals surface area contributed by atoms with E-state index in [1.165, 1.54) is 18.5 Å². The van der Waals surface area contributed by atoms with Crippen LogP contribution in [0.4, 0.5) is 5.82 Å². The number of hydrogen-bond acceptors (Lipinski definition) is 3. The highest BCUT2D eigenvalue weighted by Gasteiger charge is 2.28. The van der Waals surface area contributed by atoms with E-state index in [1.54, 1.807) is 0 Å². The van der Waals surface area contributed by atoms with Crippen LogP contribution in [-0.2, 0) is 6.42 Å². The van der Waals surface area contributed by atoms with Crippen LogP contribution >= 0.6 is 0 Å². The molecule has 2 heterocycles. The second-order valence-corrected chi connectivity index (χ2v) is 6.68. The van der Waals surface area contributed by atoms with E-state index in [2.05, 4.69) is 48.4 Å². The monoisotopic (exact) mass is 286 g/mol. The van der Waals surface area contributed by atoms with E-state index in [0.717, 1.165) is 30.3 Å².